The SMILES string of the molecule is COC(=O)c1cc2c(N[C@H](C)c3cccc(C(F)F)c3F)nc(C)nc2nc1Cl. The van der Waals surface area contributed by atoms with Gasteiger partial charge in [0, 0.05) is 5.56 Å². The summed E-state index contributed by atoms with van der Waals surface area (Å²) in [5, 5.41) is 3.24. The molecule has 0 spiro atoms. The Bertz CT molecular complexity index is 1090. The molecule has 0 saturated carbocycles. The van der Waals surface area contributed by atoms with Gasteiger partial charge in [-0.15, -0.1) is 0 Å². The van der Waals surface area contributed by atoms with Gasteiger partial charge in [0.25, 0.3) is 6.43 Å². The molecule has 3 aromatic rings. The van der Waals surface area contributed by atoms with Crippen LogP contribution >= 0.6 is 11.6 Å². The number of pyridine rings is 1. The lowest BCUT2D eigenvalue weighted by atomic mass is 10.0. The fraction of sp³-hybridized carbons (Fsp3) is 0.263. The highest BCUT2D eigenvalue weighted by Gasteiger charge is 2.22. The molecule has 2 heterocycles. The number of benzene rings is 1. The van der Waals surface area contributed by atoms with Crippen LogP contribution in [0.4, 0.5) is 19.0 Å². The van der Waals surface area contributed by atoms with E-state index in [1.807, 2.05) is 0 Å². The van der Waals surface area contributed by atoms with Gasteiger partial charge in [-0.25, -0.2) is 32.9 Å². The van der Waals surface area contributed by atoms with Crippen LogP contribution in [0, 0.1) is 12.7 Å². The average Bonchev–Trinajstić information content (AvgIpc) is 2.66. The van der Waals surface area contributed by atoms with Crippen molar-refractivity contribution in [1.82, 2.24) is 15.0 Å². The van der Waals surface area contributed by atoms with Crippen LogP contribution in [-0.2, 0) is 4.74 Å². The molecule has 0 aliphatic rings. The second kappa shape index (κ2) is 8.20. The zero-order chi connectivity index (χ0) is 21.3. The van der Waals surface area contributed by atoms with Crippen LogP contribution in [0.1, 0.15) is 46.7 Å². The fourth-order valence-electron chi connectivity index (χ4n) is 2.86. The maximum absolute atomic E-state index is 14.5. The first-order valence-electron chi connectivity index (χ1n) is 8.49. The lowest BCUT2D eigenvalue weighted by Crippen LogP contribution is -2.13. The van der Waals surface area contributed by atoms with Crippen molar-refractivity contribution in [3.05, 3.63) is 57.8 Å². The molecule has 1 aromatic carbocycles. The highest BCUT2D eigenvalue weighted by Crippen LogP contribution is 2.31. The van der Waals surface area contributed by atoms with Gasteiger partial charge in [0.05, 0.1) is 29.7 Å². The summed E-state index contributed by atoms with van der Waals surface area (Å²) in [5.41, 5.74) is -0.411. The number of alkyl halides is 2. The highest BCUT2D eigenvalue weighted by atomic mass is 35.5. The zero-order valence-electron chi connectivity index (χ0n) is 15.6. The number of hydrogen-bond acceptors (Lipinski definition) is 6. The lowest BCUT2D eigenvalue weighted by molar-refractivity contribution is 0.0600. The molecular weight excluding hydrogens is 409 g/mol. The van der Waals surface area contributed by atoms with E-state index in [0.29, 0.717) is 11.2 Å². The minimum Gasteiger partial charge on any atom is -0.465 e. The first kappa shape index (κ1) is 20.8. The lowest BCUT2D eigenvalue weighted by Gasteiger charge is -2.18. The number of ether oxygens (including phenoxy) is 1. The van der Waals surface area contributed by atoms with Crippen LogP contribution in [0.15, 0.2) is 24.3 Å². The molecule has 0 fully saturated rings. The Hall–Kier alpha value is -2.94. The number of aryl methyl sites for hydroxylation is 1. The summed E-state index contributed by atoms with van der Waals surface area (Å²) < 4.78 is 45.2. The number of nitrogens with one attached hydrogen (secondary N) is 1. The van der Waals surface area contributed by atoms with Gasteiger partial charge in [-0.1, -0.05) is 29.8 Å². The van der Waals surface area contributed by atoms with E-state index in [0.717, 1.165) is 6.07 Å². The number of halogens is 4. The van der Waals surface area contributed by atoms with E-state index in [2.05, 4.69) is 25.0 Å². The minimum absolute atomic E-state index is 0.00991. The van der Waals surface area contributed by atoms with E-state index < -0.39 is 29.8 Å². The first-order chi connectivity index (χ1) is 13.7. The molecule has 3 rings (SSSR count). The molecule has 10 heteroatoms. The maximum Gasteiger partial charge on any atom is 0.341 e. The number of nitrogens with zero attached hydrogens (tertiary/aromatic N) is 3. The first-order valence-corrected chi connectivity index (χ1v) is 8.87. The minimum atomic E-state index is -2.93. The summed E-state index contributed by atoms with van der Waals surface area (Å²) in [7, 11) is 1.20. The number of anilines is 1. The summed E-state index contributed by atoms with van der Waals surface area (Å²) >= 11 is 6.04. The predicted octanol–water partition coefficient (Wildman–Crippen LogP) is 5.02. The number of carbonyl (C=O) groups excluding carboxylic acids is 1. The highest BCUT2D eigenvalue weighted by molar-refractivity contribution is 6.33. The summed E-state index contributed by atoms with van der Waals surface area (Å²) in [6.07, 6.45) is -2.93. The number of carbonyl (C=O) groups is 1. The Morgan fingerprint density at radius 1 is 1.21 bits per heavy atom. The Morgan fingerprint density at radius 3 is 2.55 bits per heavy atom. The second-order valence-electron chi connectivity index (χ2n) is 6.23. The third-order valence-electron chi connectivity index (χ3n) is 4.27. The Balaban J connectivity index is 2.08. The molecule has 1 N–H and O–H groups in total. The Kier molecular flexibility index (Phi) is 5.88. The average molecular weight is 425 g/mol. The number of fused-ring (bicyclic) bond motifs is 1. The predicted molar refractivity (Wildman–Crippen MR) is 102 cm³/mol. The topological polar surface area (TPSA) is 77.0 Å². The van der Waals surface area contributed by atoms with E-state index in [-0.39, 0.29) is 27.7 Å². The largest absolute Gasteiger partial charge is 0.465 e. The summed E-state index contributed by atoms with van der Waals surface area (Å²) in [6, 6.07) is 4.50. The number of esters is 1. The van der Waals surface area contributed by atoms with Gasteiger partial charge in [0.15, 0.2) is 5.65 Å². The standard InChI is InChI=1S/C19H16ClF3N4O2/c1-8(10-5-4-6-11(14(10)21)16(22)23)24-17-13-7-12(19(28)29-3)15(20)27-18(13)26-9(2)25-17/h4-8,16H,1-3H3,(H,24,25,26,27)/t8-/m1/s1. The summed E-state index contributed by atoms with van der Waals surface area (Å²) in [4.78, 5) is 24.5. The second-order valence-corrected chi connectivity index (χ2v) is 6.58. The molecule has 0 unspecified atom stereocenters. The smallest absolute Gasteiger partial charge is 0.341 e. The van der Waals surface area contributed by atoms with Crippen LogP contribution in [0.25, 0.3) is 11.0 Å². The van der Waals surface area contributed by atoms with Gasteiger partial charge in [0.2, 0.25) is 0 Å². The van der Waals surface area contributed by atoms with Crippen molar-refractivity contribution in [1.29, 1.82) is 0 Å². The zero-order valence-corrected chi connectivity index (χ0v) is 16.4. The third kappa shape index (κ3) is 4.09. The van der Waals surface area contributed by atoms with Crippen LogP contribution in [0.2, 0.25) is 5.15 Å². The van der Waals surface area contributed by atoms with Crippen molar-refractivity contribution >= 4 is 34.4 Å². The summed E-state index contributed by atoms with van der Waals surface area (Å²) in [5.74, 6) is -1.09. The van der Waals surface area contributed by atoms with E-state index in [1.165, 1.54) is 25.3 Å². The van der Waals surface area contributed by atoms with Crippen molar-refractivity contribution in [3.8, 4) is 0 Å². The normalized spacial score (nSPS) is 12.3. The van der Waals surface area contributed by atoms with Gasteiger partial charge < -0.3 is 10.1 Å². The molecule has 0 aliphatic carbocycles. The van der Waals surface area contributed by atoms with Crippen LogP contribution in [-0.4, -0.2) is 28.0 Å². The molecule has 29 heavy (non-hydrogen) atoms. The van der Waals surface area contributed by atoms with Gasteiger partial charge >= 0.3 is 5.97 Å². The van der Waals surface area contributed by atoms with Crippen molar-refractivity contribution in [2.45, 2.75) is 26.3 Å². The van der Waals surface area contributed by atoms with E-state index in [9.17, 15) is 18.0 Å². The van der Waals surface area contributed by atoms with Crippen molar-refractivity contribution in [2.24, 2.45) is 0 Å². The van der Waals surface area contributed by atoms with Gasteiger partial charge in [-0.05, 0) is 19.9 Å². The molecule has 0 bridgehead atoms. The molecule has 0 saturated heterocycles. The van der Waals surface area contributed by atoms with Gasteiger partial charge in [-0.2, -0.15) is 0 Å². The van der Waals surface area contributed by atoms with Crippen LogP contribution in [0.5, 0.6) is 0 Å². The number of hydrogen-bond donors (Lipinski definition) is 1. The molecule has 0 radical (unpaired) electrons. The van der Waals surface area contributed by atoms with Gasteiger partial charge in [-0.3, -0.25) is 0 Å². The molecule has 2 aromatic heterocycles. The summed E-state index contributed by atoms with van der Waals surface area (Å²) in [6.45, 7) is 3.22. The van der Waals surface area contributed by atoms with E-state index in [1.54, 1.807) is 13.8 Å². The fourth-order valence-corrected chi connectivity index (χ4v) is 3.07. The third-order valence-corrected chi connectivity index (χ3v) is 4.56. The van der Waals surface area contributed by atoms with Crippen molar-refractivity contribution in [3.63, 3.8) is 0 Å². The number of methoxy groups -OCH3 is 1. The Labute approximate surface area is 169 Å². The van der Waals surface area contributed by atoms with Crippen molar-refractivity contribution < 1.29 is 22.7 Å². The number of rotatable bonds is 5. The molecule has 152 valence electrons. The molecular formula is C19H16ClF3N4O2. The van der Waals surface area contributed by atoms with E-state index in [4.69, 9.17) is 11.6 Å². The van der Waals surface area contributed by atoms with Gasteiger partial charge in [0.1, 0.15) is 22.6 Å². The molecule has 6 nitrogen and oxygen atoms in total. The molecule has 1 atom stereocenters. The van der Waals surface area contributed by atoms with Crippen LogP contribution < -0.4 is 5.32 Å². The molecule has 0 aliphatic heterocycles. The Morgan fingerprint density at radius 2 is 1.90 bits per heavy atom. The molecule has 0 amide bonds. The van der Waals surface area contributed by atoms with Crippen LogP contribution in [0.3, 0.4) is 0 Å². The maximum atomic E-state index is 14.5. The number of aromatic nitrogens is 3. The quantitative estimate of drug-likeness (QED) is 0.457. The monoisotopic (exact) mass is 424 g/mol. The van der Waals surface area contributed by atoms with E-state index >= 15 is 0 Å². The van der Waals surface area contributed by atoms with Crippen molar-refractivity contribution in [2.75, 3.05) is 12.4 Å².